The number of furan rings is 1. The number of hydrogen-bond donors (Lipinski definition) is 2. The first kappa shape index (κ1) is 18.8. The van der Waals surface area contributed by atoms with Gasteiger partial charge in [-0.1, -0.05) is 0 Å². The minimum atomic E-state index is -1.54. The number of carbonyl (C=O) groups excluding carboxylic acids is 2. The third-order valence-electron chi connectivity index (χ3n) is 5.91. The summed E-state index contributed by atoms with van der Waals surface area (Å²) in [7, 11) is 1.21. The molecule has 0 aliphatic heterocycles. The number of benzene rings is 1. The molecule has 0 radical (unpaired) electrons. The maximum atomic E-state index is 12.9. The van der Waals surface area contributed by atoms with E-state index < -0.39 is 24.0 Å². The number of amides is 1. The Balaban J connectivity index is 1.60. The molecular formula is C21H25NO6. The summed E-state index contributed by atoms with van der Waals surface area (Å²) >= 11 is 0. The fraction of sp³-hybridized carbons (Fsp3) is 0.524. The minimum Gasteiger partial charge on any atom is -0.490 e. The highest BCUT2D eigenvalue weighted by Gasteiger charge is 2.46. The molecular weight excluding hydrogens is 362 g/mol. The van der Waals surface area contributed by atoms with Crippen LogP contribution in [0.15, 0.2) is 22.6 Å². The van der Waals surface area contributed by atoms with Gasteiger partial charge in [-0.2, -0.15) is 0 Å². The average molecular weight is 387 g/mol. The van der Waals surface area contributed by atoms with Gasteiger partial charge in [0.15, 0.2) is 5.54 Å². The van der Waals surface area contributed by atoms with Crippen molar-refractivity contribution >= 4 is 22.8 Å². The smallest absolute Gasteiger partial charge is 0.333 e. The minimum absolute atomic E-state index is 0.225. The standard InChI is InChI=1S/C21H25NO6/c1-11-18(19(24)22-21(2,10-23)20(25)26-3)16-9-14(4-5-17(16)27-11)28-15-7-12-6-13(12)8-15/h4-5,9,12-13,15,23H,6-8,10H2,1-3H3,(H,22,24). The molecule has 0 spiro atoms. The van der Waals surface area contributed by atoms with Gasteiger partial charge in [0, 0.05) is 5.39 Å². The van der Waals surface area contributed by atoms with E-state index in [4.69, 9.17) is 13.9 Å². The Labute approximate surface area is 163 Å². The van der Waals surface area contributed by atoms with Crippen LogP contribution < -0.4 is 10.1 Å². The zero-order valence-electron chi connectivity index (χ0n) is 16.3. The molecule has 1 aromatic carbocycles. The Hall–Kier alpha value is -2.54. The van der Waals surface area contributed by atoms with Crippen LogP contribution in [0.4, 0.5) is 0 Å². The molecule has 2 N–H and O–H groups in total. The highest BCUT2D eigenvalue weighted by Crippen LogP contribution is 2.52. The molecule has 2 saturated carbocycles. The zero-order chi connectivity index (χ0) is 20.1. The van der Waals surface area contributed by atoms with Gasteiger partial charge in [-0.05, 0) is 63.1 Å². The number of ether oxygens (including phenoxy) is 2. The lowest BCUT2D eigenvalue weighted by Gasteiger charge is -2.25. The molecule has 0 saturated heterocycles. The molecule has 2 aliphatic carbocycles. The largest absolute Gasteiger partial charge is 0.490 e. The third-order valence-corrected chi connectivity index (χ3v) is 5.91. The first-order valence-electron chi connectivity index (χ1n) is 9.56. The highest BCUT2D eigenvalue weighted by atomic mass is 16.5. The number of fused-ring (bicyclic) bond motifs is 2. The Bertz CT molecular complexity index is 924. The van der Waals surface area contributed by atoms with Crippen molar-refractivity contribution in [3.05, 3.63) is 29.5 Å². The van der Waals surface area contributed by atoms with Crippen molar-refractivity contribution in [2.45, 2.75) is 44.8 Å². The van der Waals surface area contributed by atoms with Gasteiger partial charge in [0.2, 0.25) is 0 Å². The molecule has 7 nitrogen and oxygen atoms in total. The second-order valence-corrected chi connectivity index (χ2v) is 8.09. The summed E-state index contributed by atoms with van der Waals surface area (Å²) in [6.45, 7) is 2.52. The summed E-state index contributed by atoms with van der Waals surface area (Å²) < 4.78 is 16.5. The molecule has 28 heavy (non-hydrogen) atoms. The maximum Gasteiger partial charge on any atom is 0.333 e. The van der Waals surface area contributed by atoms with E-state index in [9.17, 15) is 14.7 Å². The van der Waals surface area contributed by atoms with E-state index in [1.165, 1.54) is 20.5 Å². The summed E-state index contributed by atoms with van der Waals surface area (Å²) in [5, 5.41) is 12.8. The zero-order valence-corrected chi connectivity index (χ0v) is 16.3. The van der Waals surface area contributed by atoms with Gasteiger partial charge in [-0.15, -0.1) is 0 Å². The second kappa shape index (κ2) is 6.81. The number of rotatable bonds is 6. The van der Waals surface area contributed by atoms with Crippen LogP contribution >= 0.6 is 0 Å². The number of aryl methyl sites for hydroxylation is 1. The predicted molar refractivity (Wildman–Crippen MR) is 101 cm³/mol. The maximum absolute atomic E-state index is 12.9. The molecule has 2 fully saturated rings. The number of aliphatic hydroxyl groups is 1. The molecule has 3 atom stereocenters. The van der Waals surface area contributed by atoms with E-state index >= 15 is 0 Å². The molecule has 1 amide bonds. The van der Waals surface area contributed by atoms with Crippen molar-refractivity contribution < 1.29 is 28.6 Å². The quantitative estimate of drug-likeness (QED) is 0.740. The number of aliphatic hydroxyl groups excluding tert-OH is 1. The molecule has 3 unspecified atom stereocenters. The lowest BCUT2D eigenvalue weighted by Crippen LogP contribution is -2.55. The predicted octanol–water partition coefficient (Wildman–Crippen LogP) is 2.57. The summed E-state index contributed by atoms with van der Waals surface area (Å²) in [6, 6.07) is 5.44. The SMILES string of the molecule is COC(=O)C(C)(CO)NC(=O)c1c(C)oc2ccc(OC3CC4CC4C3)cc12. The molecule has 1 aromatic heterocycles. The van der Waals surface area contributed by atoms with Gasteiger partial charge in [-0.3, -0.25) is 4.79 Å². The van der Waals surface area contributed by atoms with Crippen molar-refractivity contribution in [2.75, 3.05) is 13.7 Å². The van der Waals surface area contributed by atoms with Gasteiger partial charge in [0.25, 0.3) is 5.91 Å². The van der Waals surface area contributed by atoms with E-state index in [0.29, 0.717) is 28.0 Å². The Morgan fingerprint density at radius 2 is 2.00 bits per heavy atom. The molecule has 4 rings (SSSR count). The molecule has 150 valence electrons. The van der Waals surface area contributed by atoms with Crippen molar-refractivity contribution in [3.63, 3.8) is 0 Å². The summed E-state index contributed by atoms with van der Waals surface area (Å²) in [4.78, 5) is 24.9. The number of methoxy groups -OCH3 is 1. The summed E-state index contributed by atoms with van der Waals surface area (Å²) in [5.74, 6) is 1.53. The van der Waals surface area contributed by atoms with Crippen LogP contribution in [0.2, 0.25) is 0 Å². The van der Waals surface area contributed by atoms with E-state index in [2.05, 4.69) is 5.32 Å². The number of nitrogens with one attached hydrogen (secondary N) is 1. The van der Waals surface area contributed by atoms with Gasteiger partial charge in [0.1, 0.15) is 17.1 Å². The van der Waals surface area contributed by atoms with Crippen molar-refractivity contribution in [3.8, 4) is 5.75 Å². The molecule has 2 aromatic rings. The normalized spacial score (nSPS) is 25.1. The number of esters is 1. The van der Waals surface area contributed by atoms with E-state index in [0.717, 1.165) is 24.7 Å². The van der Waals surface area contributed by atoms with Crippen molar-refractivity contribution in [1.82, 2.24) is 5.32 Å². The summed E-state index contributed by atoms with van der Waals surface area (Å²) in [5.41, 5.74) is -0.660. The van der Waals surface area contributed by atoms with Crippen LogP contribution in [0, 0.1) is 18.8 Å². The van der Waals surface area contributed by atoms with E-state index in [1.54, 1.807) is 19.1 Å². The topological polar surface area (TPSA) is 98.0 Å². The van der Waals surface area contributed by atoms with Gasteiger partial charge in [0.05, 0.1) is 25.4 Å². The van der Waals surface area contributed by atoms with Crippen molar-refractivity contribution in [1.29, 1.82) is 0 Å². The lowest BCUT2D eigenvalue weighted by atomic mass is 10.0. The van der Waals surface area contributed by atoms with Crippen molar-refractivity contribution in [2.24, 2.45) is 11.8 Å². The van der Waals surface area contributed by atoms with Crippen LogP contribution in [0.1, 0.15) is 42.3 Å². The first-order valence-corrected chi connectivity index (χ1v) is 9.56. The first-order chi connectivity index (χ1) is 13.3. The van der Waals surface area contributed by atoms with Crippen LogP contribution in [-0.2, 0) is 9.53 Å². The molecule has 0 bridgehead atoms. The Morgan fingerprint density at radius 1 is 1.29 bits per heavy atom. The van der Waals surface area contributed by atoms with E-state index in [-0.39, 0.29) is 6.10 Å². The Kier molecular flexibility index (Phi) is 4.57. The second-order valence-electron chi connectivity index (χ2n) is 8.09. The van der Waals surface area contributed by atoms with Gasteiger partial charge < -0.3 is 24.3 Å². The molecule has 1 heterocycles. The van der Waals surface area contributed by atoms with Crippen LogP contribution in [0.25, 0.3) is 11.0 Å². The van der Waals surface area contributed by atoms with E-state index in [1.807, 2.05) is 6.07 Å². The third kappa shape index (κ3) is 3.24. The van der Waals surface area contributed by atoms with Crippen LogP contribution in [0.3, 0.4) is 0 Å². The fourth-order valence-electron chi connectivity index (χ4n) is 4.20. The lowest BCUT2D eigenvalue weighted by molar-refractivity contribution is -0.149. The highest BCUT2D eigenvalue weighted by molar-refractivity contribution is 6.09. The molecule has 7 heteroatoms. The van der Waals surface area contributed by atoms with Gasteiger partial charge >= 0.3 is 5.97 Å². The van der Waals surface area contributed by atoms with Gasteiger partial charge in [-0.25, -0.2) is 4.79 Å². The number of hydrogen-bond acceptors (Lipinski definition) is 6. The number of carbonyl (C=O) groups is 2. The Morgan fingerprint density at radius 3 is 2.64 bits per heavy atom. The molecule has 2 aliphatic rings. The van der Waals surface area contributed by atoms with Crippen LogP contribution in [-0.4, -0.2) is 42.3 Å². The monoisotopic (exact) mass is 387 g/mol. The van der Waals surface area contributed by atoms with Crippen LogP contribution in [0.5, 0.6) is 5.75 Å². The summed E-state index contributed by atoms with van der Waals surface area (Å²) in [6.07, 6.45) is 3.74. The average Bonchev–Trinajstić information content (AvgIpc) is 3.13. The fourth-order valence-corrected chi connectivity index (χ4v) is 4.20.